The SMILES string of the molecule is C=CCOC(=O)/C(=C/CCCCSC[C@@H](NC(C)CC(C)=O)C(=O)OCC=C)NC(=O)[C@@H]1CC1(C)C. The largest absolute Gasteiger partial charge is 0.460 e. The summed E-state index contributed by atoms with van der Waals surface area (Å²) in [6.45, 7) is 14.8. The highest BCUT2D eigenvalue weighted by Gasteiger charge is 2.50. The first-order valence-electron chi connectivity index (χ1n) is 12.4. The molecule has 1 saturated carbocycles. The van der Waals surface area contributed by atoms with Gasteiger partial charge < -0.3 is 20.1 Å². The van der Waals surface area contributed by atoms with Gasteiger partial charge in [0, 0.05) is 24.1 Å². The summed E-state index contributed by atoms with van der Waals surface area (Å²) in [5.74, 6) is 0.196. The average molecular weight is 523 g/mol. The molecule has 0 saturated heterocycles. The molecule has 0 spiro atoms. The first-order valence-corrected chi connectivity index (χ1v) is 13.6. The second-order valence-corrected chi connectivity index (χ2v) is 10.9. The molecule has 1 rings (SSSR count). The Hall–Kier alpha value is -2.39. The van der Waals surface area contributed by atoms with E-state index in [1.807, 2.05) is 20.8 Å². The van der Waals surface area contributed by atoms with Crippen molar-refractivity contribution in [3.63, 3.8) is 0 Å². The van der Waals surface area contributed by atoms with Crippen LogP contribution in [0.4, 0.5) is 0 Å². The van der Waals surface area contributed by atoms with E-state index in [-0.39, 0.29) is 53.9 Å². The molecule has 2 N–H and O–H groups in total. The van der Waals surface area contributed by atoms with Crippen LogP contribution >= 0.6 is 11.8 Å². The van der Waals surface area contributed by atoms with Gasteiger partial charge in [-0.25, -0.2) is 4.79 Å². The van der Waals surface area contributed by atoms with Gasteiger partial charge in [0.15, 0.2) is 0 Å². The normalized spacial score (nSPS) is 17.9. The van der Waals surface area contributed by atoms with E-state index in [0.29, 0.717) is 18.6 Å². The molecule has 0 aromatic heterocycles. The highest BCUT2D eigenvalue weighted by atomic mass is 32.2. The fourth-order valence-electron chi connectivity index (χ4n) is 3.59. The Labute approximate surface area is 219 Å². The number of nitrogens with one attached hydrogen (secondary N) is 2. The minimum atomic E-state index is -0.567. The lowest BCUT2D eigenvalue weighted by Crippen LogP contribution is -2.45. The highest BCUT2D eigenvalue weighted by molar-refractivity contribution is 7.99. The van der Waals surface area contributed by atoms with Gasteiger partial charge in [0.2, 0.25) is 5.91 Å². The predicted molar refractivity (Wildman–Crippen MR) is 143 cm³/mol. The van der Waals surface area contributed by atoms with Gasteiger partial charge in [-0.05, 0) is 50.7 Å². The second-order valence-electron chi connectivity index (χ2n) is 9.76. The van der Waals surface area contributed by atoms with Gasteiger partial charge in [-0.1, -0.05) is 45.2 Å². The van der Waals surface area contributed by atoms with Gasteiger partial charge in [0.1, 0.15) is 30.7 Å². The standard InChI is InChI=1S/C27H42N2O6S/c1-7-13-34-25(32)22(29-24(31)21-17-27(21,5)6)12-10-9-11-15-36-18-23(26(33)35-14-8-2)28-19(3)16-20(4)30/h7-8,12,19,21,23,28H,1-2,9-11,13-18H2,3-6H3,(H,29,31)/b22-12-/t19?,21-,23+/m0/s1. The van der Waals surface area contributed by atoms with Crippen molar-refractivity contribution in [3.8, 4) is 0 Å². The number of hydrogen-bond donors (Lipinski definition) is 2. The zero-order valence-electron chi connectivity index (χ0n) is 22.1. The Morgan fingerprint density at radius 2 is 1.75 bits per heavy atom. The van der Waals surface area contributed by atoms with Crippen molar-refractivity contribution in [1.29, 1.82) is 0 Å². The zero-order chi connectivity index (χ0) is 27.1. The number of carbonyl (C=O) groups is 4. The molecule has 3 atom stereocenters. The summed E-state index contributed by atoms with van der Waals surface area (Å²) in [6, 6.07) is -0.650. The molecule has 202 valence electrons. The maximum Gasteiger partial charge on any atom is 0.354 e. The van der Waals surface area contributed by atoms with Crippen LogP contribution in [0.5, 0.6) is 0 Å². The Bertz CT molecular complexity index is 823. The summed E-state index contributed by atoms with van der Waals surface area (Å²) in [5, 5.41) is 5.92. The lowest BCUT2D eigenvalue weighted by atomic mass is 10.1. The van der Waals surface area contributed by atoms with Crippen LogP contribution in [0.2, 0.25) is 0 Å². The van der Waals surface area contributed by atoms with E-state index >= 15 is 0 Å². The molecule has 1 fully saturated rings. The lowest BCUT2D eigenvalue weighted by Gasteiger charge is -2.21. The van der Waals surface area contributed by atoms with Crippen LogP contribution in [0.3, 0.4) is 0 Å². The number of thioether (sulfide) groups is 1. The van der Waals surface area contributed by atoms with Crippen molar-refractivity contribution in [2.45, 2.75) is 71.9 Å². The molecule has 0 bridgehead atoms. The molecule has 8 nitrogen and oxygen atoms in total. The van der Waals surface area contributed by atoms with E-state index in [9.17, 15) is 19.2 Å². The molecule has 9 heteroatoms. The van der Waals surface area contributed by atoms with Crippen LogP contribution in [0.1, 0.15) is 59.8 Å². The van der Waals surface area contributed by atoms with E-state index < -0.39 is 12.0 Å². The third-order valence-electron chi connectivity index (χ3n) is 5.72. The van der Waals surface area contributed by atoms with Crippen molar-refractivity contribution in [2.24, 2.45) is 11.3 Å². The van der Waals surface area contributed by atoms with E-state index in [2.05, 4.69) is 23.8 Å². The number of carbonyl (C=O) groups excluding carboxylic acids is 4. The van der Waals surface area contributed by atoms with E-state index in [4.69, 9.17) is 9.47 Å². The van der Waals surface area contributed by atoms with Crippen molar-refractivity contribution < 1.29 is 28.7 Å². The molecule has 1 amide bonds. The van der Waals surface area contributed by atoms with Crippen LogP contribution in [0, 0.1) is 11.3 Å². The zero-order valence-corrected chi connectivity index (χ0v) is 22.9. The molecular weight excluding hydrogens is 480 g/mol. The molecular formula is C27H42N2O6S. The monoisotopic (exact) mass is 522 g/mol. The number of ether oxygens (including phenoxy) is 2. The molecule has 0 aliphatic heterocycles. The molecule has 1 aliphatic rings. The van der Waals surface area contributed by atoms with Crippen LogP contribution in [-0.2, 0) is 28.7 Å². The molecule has 36 heavy (non-hydrogen) atoms. The number of unbranched alkanes of at least 4 members (excludes halogenated alkanes) is 2. The van der Waals surface area contributed by atoms with Gasteiger partial charge in [-0.2, -0.15) is 11.8 Å². The lowest BCUT2D eigenvalue weighted by molar-refractivity contribution is -0.144. The average Bonchev–Trinajstić information content (AvgIpc) is 3.46. The molecule has 1 unspecified atom stereocenters. The summed E-state index contributed by atoms with van der Waals surface area (Å²) in [4.78, 5) is 48.5. The number of hydrogen-bond acceptors (Lipinski definition) is 8. The Morgan fingerprint density at radius 3 is 2.33 bits per heavy atom. The summed E-state index contributed by atoms with van der Waals surface area (Å²) in [6.07, 6.45) is 8.12. The quantitative estimate of drug-likeness (QED) is 0.114. The molecule has 0 radical (unpaired) electrons. The predicted octanol–water partition coefficient (Wildman–Crippen LogP) is 3.72. The summed E-state index contributed by atoms with van der Waals surface area (Å²) in [7, 11) is 0. The number of amides is 1. The molecule has 0 heterocycles. The Morgan fingerprint density at radius 1 is 1.11 bits per heavy atom. The van der Waals surface area contributed by atoms with Gasteiger partial charge >= 0.3 is 11.9 Å². The topological polar surface area (TPSA) is 111 Å². The fourth-order valence-corrected chi connectivity index (χ4v) is 4.63. The first kappa shape index (κ1) is 31.6. The van der Waals surface area contributed by atoms with Gasteiger partial charge in [-0.15, -0.1) is 0 Å². The first-order chi connectivity index (χ1) is 17.0. The minimum Gasteiger partial charge on any atom is -0.460 e. The van der Waals surface area contributed by atoms with E-state index in [1.54, 1.807) is 17.8 Å². The smallest absolute Gasteiger partial charge is 0.354 e. The minimum absolute atomic E-state index is 0.0356. The van der Waals surface area contributed by atoms with Crippen molar-refractivity contribution in [3.05, 3.63) is 37.1 Å². The van der Waals surface area contributed by atoms with Crippen molar-refractivity contribution in [2.75, 3.05) is 24.7 Å². The maximum atomic E-state index is 12.5. The Balaban J connectivity index is 2.52. The van der Waals surface area contributed by atoms with Crippen LogP contribution < -0.4 is 10.6 Å². The molecule has 0 aromatic carbocycles. The van der Waals surface area contributed by atoms with Gasteiger partial charge in [0.25, 0.3) is 0 Å². The number of allylic oxidation sites excluding steroid dienone is 1. The third-order valence-corrected chi connectivity index (χ3v) is 6.87. The third kappa shape index (κ3) is 12.5. The number of Topliss-reactive ketones (excluding diaryl/α,β-unsaturated/α-hetero) is 1. The maximum absolute atomic E-state index is 12.5. The van der Waals surface area contributed by atoms with Gasteiger partial charge in [0.05, 0.1) is 0 Å². The number of rotatable bonds is 19. The van der Waals surface area contributed by atoms with E-state index in [0.717, 1.165) is 25.0 Å². The highest BCUT2D eigenvalue weighted by Crippen LogP contribution is 2.51. The van der Waals surface area contributed by atoms with Crippen molar-refractivity contribution in [1.82, 2.24) is 10.6 Å². The summed E-state index contributed by atoms with van der Waals surface area (Å²) in [5.41, 5.74) is 0.137. The second kappa shape index (κ2) is 16.4. The van der Waals surface area contributed by atoms with Crippen LogP contribution in [0.25, 0.3) is 0 Å². The summed E-state index contributed by atoms with van der Waals surface area (Å²) < 4.78 is 10.3. The molecule has 0 aromatic rings. The number of ketones is 1. The Kier molecular flexibility index (Phi) is 14.4. The van der Waals surface area contributed by atoms with Crippen LogP contribution in [-0.4, -0.2) is 60.4 Å². The van der Waals surface area contributed by atoms with Gasteiger partial charge in [-0.3, -0.25) is 14.4 Å². The van der Waals surface area contributed by atoms with E-state index in [1.165, 1.54) is 19.1 Å². The van der Waals surface area contributed by atoms with Crippen LogP contribution in [0.15, 0.2) is 37.1 Å². The van der Waals surface area contributed by atoms with Crippen molar-refractivity contribution >= 4 is 35.4 Å². The number of esters is 2. The summed E-state index contributed by atoms with van der Waals surface area (Å²) >= 11 is 1.62. The molecule has 1 aliphatic carbocycles. The fraction of sp³-hybridized carbons (Fsp3) is 0.630.